The van der Waals surface area contributed by atoms with Gasteiger partial charge in [-0.1, -0.05) is 65.7 Å². The molecule has 1 atom stereocenters. The number of halogens is 2. The number of thiophene rings is 1. The maximum absolute atomic E-state index is 12.6. The highest BCUT2D eigenvalue weighted by atomic mass is 35.5. The molecule has 0 radical (unpaired) electrons. The van der Waals surface area contributed by atoms with Gasteiger partial charge in [0.1, 0.15) is 0 Å². The Hall–Kier alpha value is -1.81. The maximum Gasteiger partial charge on any atom is 0.253 e. The van der Waals surface area contributed by atoms with Gasteiger partial charge in [-0.2, -0.15) is 0 Å². The van der Waals surface area contributed by atoms with Crippen molar-refractivity contribution in [2.24, 2.45) is 0 Å². The molecule has 1 heterocycles. The van der Waals surface area contributed by atoms with Crippen LogP contribution >= 0.6 is 34.5 Å². The Balaban J connectivity index is 1.93. The zero-order valence-corrected chi connectivity index (χ0v) is 14.3. The van der Waals surface area contributed by atoms with Gasteiger partial charge in [-0.25, -0.2) is 0 Å². The van der Waals surface area contributed by atoms with Crippen molar-refractivity contribution in [1.82, 2.24) is 5.32 Å². The van der Waals surface area contributed by atoms with E-state index in [1.807, 2.05) is 47.8 Å². The second kappa shape index (κ2) is 7.18. The molecule has 23 heavy (non-hydrogen) atoms. The molecule has 1 N–H and O–H groups in total. The van der Waals surface area contributed by atoms with Crippen LogP contribution in [0.25, 0.3) is 0 Å². The Labute approximate surface area is 148 Å². The largest absolute Gasteiger partial charge is 0.340 e. The van der Waals surface area contributed by atoms with Gasteiger partial charge in [0.05, 0.1) is 21.7 Å². The smallest absolute Gasteiger partial charge is 0.253 e. The van der Waals surface area contributed by atoms with Gasteiger partial charge >= 0.3 is 0 Å². The summed E-state index contributed by atoms with van der Waals surface area (Å²) in [4.78, 5) is 13.7. The lowest BCUT2D eigenvalue weighted by Crippen LogP contribution is -2.29. The van der Waals surface area contributed by atoms with Gasteiger partial charge in [-0.3, -0.25) is 4.79 Å². The van der Waals surface area contributed by atoms with E-state index in [0.717, 1.165) is 10.4 Å². The fraction of sp³-hybridized carbons (Fsp3) is 0.0556. The van der Waals surface area contributed by atoms with Crippen molar-refractivity contribution in [2.75, 3.05) is 0 Å². The average Bonchev–Trinajstić information content (AvgIpc) is 3.10. The second-order valence-corrected chi connectivity index (χ2v) is 6.70. The summed E-state index contributed by atoms with van der Waals surface area (Å²) in [5, 5.41) is 5.67. The highest BCUT2D eigenvalue weighted by molar-refractivity contribution is 7.10. The molecule has 1 amide bonds. The standard InChI is InChI=1S/C18H13Cl2NOS/c19-14-9-4-8-13(16(14)20)18(22)21-17(15-10-5-11-23-15)12-6-2-1-3-7-12/h1-11,17H,(H,21,22)/t17-/m0/s1. The summed E-state index contributed by atoms with van der Waals surface area (Å²) in [5.74, 6) is -0.250. The van der Waals surface area contributed by atoms with Crippen LogP contribution in [-0.2, 0) is 0 Å². The minimum absolute atomic E-state index is 0.223. The van der Waals surface area contributed by atoms with Gasteiger partial charge in [0.25, 0.3) is 5.91 Å². The molecule has 5 heteroatoms. The van der Waals surface area contributed by atoms with E-state index in [2.05, 4.69) is 5.32 Å². The summed E-state index contributed by atoms with van der Waals surface area (Å²) in [6.45, 7) is 0. The number of carbonyl (C=O) groups excluding carboxylic acids is 1. The lowest BCUT2D eigenvalue weighted by Gasteiger charge is -2.18. The van der Waals surface area contributed by atoms with Crippen molar-refractivity contribution in [3.8, 4) is 0 Å². The van der Waals surface area contributed by atoms with E-state index in [1.54, 1.807) is 29.5 Å². The van der Waals surface area contributed by atoms with Crippen LogP contribution in [0, 0.1) is 0 Å². The lowest BCUT2D eigenvalue weighted by atomic mass is 10.0. The first kappa shape index (κ1) is 16.1. The Bertz CT molecular complexity index is 803. The number of hydrogen-bond acceptors (Lipinski definition) is 2. The van der Waals surface area contributed by atoms with Crippen LogP contribution in [0.2, 0.25) is 10.0 Å². The van der Waals surface area contributed by atoms with Gasteiger partial charge in [0.2, 0.25) is 0 Å². The van der Waals surface area contributed by atoms with Gasteiger partial charge < -0.3 is 5.32 Å². The topological polar surface area (TPSA) is 29.1 Å². The van der Waals surface area contributed by atoms with Crippen molar-refractivity contribution in [1.29, 1.82) is 0 Å². The molecule has 0 bridgehead atoms. The summed E-state index contributed by atoms with van der Waals surface area (Å²) >= 11 is 13.8. The van der Waals surface area contributed by atoms with Crippen molar-refractivity contribution in [2.45, 2.75) is 6.04 Å². The SMILES string of the molecule is O=C(N[C@@H](c1ccccc1)c1cccs1)c1cccc(Cl)c1Cl. The summed E-state index contributed by atoms with van der Waals surface area (Å²) in [6, 6.07) is 18.6. The normalized spacial score (nSPS) is 11.9. The summed E-state index contributed by atoms with van der Waals surface area (Å²) in [6.07, 6.45) is 0. The van der Waals surface area contributed by atoms with E-state index in [9.17, 15) is 4.79 Å². The Morgan fingerprint density at radius 1 is 0.957 bits per heavy atom. The maximum atomic E-state index is 12.6. The van der Waals surface area contributed by atoms with Crippen molar-refractivity contribution in [3.05, 3.63) is 92.1 Å². The molecule has 116 valence electrons. The van der Waals surface area contributed by atoms with Gasteiger partial charge in [-0.15, -0.1) is 11.3 Å². The second-order valence-electron chi connectivity index (χ2n) is 4.93. The number of nitrogens with one attached hydrogen (secondary N) is 1. The van der Waals surface area contributed by atoms with Crippen molar-refractivity contribution < 1.29 is 4.79 Å². The minimum Gasteiger partial charge on any atom is -0.340 e. The average molecular weight is 362 g/mol. The first-order chi connectivity index (χ1) is 11.2. The van der Waals surface area contributed by atoms with Gasteiger partial charge in [0, 0.05) is 4.88 Å². The number of amides is 1. The number of rotatable bonds is 4. The Morgan fingerprint density at radius 2 is 1.74 bits per heavy atom. The number of hydrogen-bond donors (Lipinski definition) is 1. The van der Waals surface area contributed by atoms with Crippen LogP contribution in [0.1, 0.15) is 26.8 Å². The first-order valence-corrected chi connectivity index (χ1v) is 8.63. The first-order valence-electron chi connectivity index (χ1n) is 7.00. The van der Waals surface area contributed by atoms with Crippen LogP contribution in [0.15, 0.2) is 66.0 Å². The molecule has 3 rings (SSSR count). The van der Waals surface area contributed by atoms with Crippen LogP contribution in [0.4, 0.5) is 0 Å². The van der Waals surface area contributed by atoms with E-state index in [4.69, 9.17) is 23.2 Å². The molecule has 0 aliphatic carbocycles. The molecular formula is C18H13Cl2NOS. The molecule has 0 fully saturated rings. The molecule has 1 aromatic heterocycles. The van der Waals surface area contributed by atoms with Crippen LogP contribution < -0.4 is 5.32 Å². The fourth-order valence-corrected chi connectivity index (χ4v) is 3.50. The minimum atomic E-state index is -0.250. The van der Waals surface area contributed by atoms with Gasteiger partial charge in [0.15, 0.2) is 0 Å². The van der Waals surface area contributed by atoms with Crippen LogP contribution in [0.5, 0.6) is 0 Å². The van der Waals surface area contributed by atoms with Crippen LogP contribution in [0.3, 0.4) is 0 Å². The molecule has 2 aromatic carbocycles. The van der Waals surface area contributed by atoms with E-state index < -0.39 is 0 Å². The molecule has 0 saturated heterocycles. The van der Waals surface area contributed by atoms with E-state index in [1.165, 1.54) is 0 Å². The summed E-state index contributed by atoms with van der Waals surface area (Å²) in [5.41, 5.74) is 1.39. The van der Waals surface area contributed by atoms with E-state index in [-0.39, 0.29) is 17.0 Å². The highest BCUT2D eigenvalue weighted by Gasteiger charge is 2.20. The predicted molar refractivity (Wildman–Crippen MR) is 96.5 cm³/mol. The monoisotopic (exact) mass is 361 g/mol. The number of carbonyl (C=O) groups is 1. The van der Waals surface area contributed by atoms with Crippen LogP contribution in [-0.4, -0.2) is 5.91 Å². The van der Waals surface area contributed by atoms with Crippen molar-refractivity contribution >= 4 is 40.4 Å². The third-order valence-electron chi connectivity index (χ3n) is 3.43. The van der Waals surface area contributed by atoms with Gasteiger partial charge in [-0.05, 0) is 29.1 Å². The molecule has 0 spiro atoms. The van der Waals surface area contributed by atoms with E-state index >= 15 is 0 Å². The molecule has 0 aliphatic rings. The summed E-state index contributed by atoms with van der Waals surface area (Å²) in [7, 11) is 0. The molecule has 3 aromatic rings. The predicted octanol–water partition coefficient (Wildman–Crippen LogP) is 5.57. The molecule has 0 unspecified atom stereocenters. The number of benzene rings is 2. The lowest BCUT2D eigenvalue weighted by molar-refractivity contribution is 0.0943. The summed E-state index contributed by atoms with van der Waals surface area (Å²) < 4.78 is 0. The third-order valence-corrected chi connectivity index (χ3v) is 5.19. The highest BCUT2D eigenvalue weighted by Crippen LogP contribution is 2.29. The quantitative estimate of drug-likeness (QED) is 0.646. The van der Waals surface area contributed by atoms with E-state index in [0.29, 0.717) is 10.6 Å². The molecule has 0 saturated carbocycles. The Morgan fingerprint density at radius 3 is 2.43 bits per heavy atom. The zero-order valence-electron chi connectivity index (χ0n) is 12.0. The fourth-order valence-electron chi connectivity index (χ4n) is 2.31. The Kier molecular flexibility index (Phi) is 5.01. The zero-order chi connectivity index (χ0) is 16.2. The molecule has 2 nitrogen and oxygen atoms in total. The molecule has 0 aliphatic heterocycles. The third kappa shape index (κ3) is 3.58. The van der Waals surface area contributed by atoms with Crippen molar-refractivity contribution in [3.63, 3.8) is 0 Å². The molecular weight excluding hydrogens is 349 g/mol.